The van der Waals surface area contributed by atoms with E-state index in [4.69, 9.17) is 23.7 Å². The molecule has 6 N–H and O–H groups in total. The predicted molar refractivity (Wildman–Crippen MR) is 116 cm³/mol. The molecule has 0 bridgehead atoms. The summed E-state index contributed by atoms with van der Waals surface area (Å²) in [6.45, 7) is -0.693. The lowest BCUT2D eigenvalue weighted by Crippen LogP contribution is -2.60. The van der Waals surface area contributed by atoms with Gasteiger partial charge in [-0.1, -0.05) is 6.07 Å². The average Bonchev–Trinajstić information content (AvgIpc) is 2.85. The van der Waals surface area contributed by atoms with Gasteiger partial charge in [0.1, 0.15) is 47.2 Å². The Labute approximate surface area is 199 Å². The fourth-order valence-electron chi connectivity index (χ4n) is 4.08. The van der Waals surface area contributed by atoms with Gasteiger partial charge in [0.25, 0.3) is 0 Å². The molecule has 12 heteroatoms. The summed E-state index contributed by atoms with van der Waals surface area (Å²) >= 11 is 0. The average molecular weight is 494 g/mol. The monoisotopic (exact) mass is 494 g/mol. The Morgan fingerprint density at radius 2 is 1.69 bits per heavy atom. The van der Waals surface area contributed by atoms with E-state index in [1.807, 2.05) is 0 Å². The Morgan fingerprint density at radius 1 is 0.943 bits per heavy atom. The smallest absolute Gasteiger partial charge is 0.203 e. The van der Waals surface area contributed by atoms with Gasteiger partial charge in [-0.2, -0.15) is 0 Å². The van der Waals surface area contributed by atoms with Gasteiger partial charge in [0.15, 0.2) is 30.0 Å². The van der Waals surface area contributed by atoms with Crippen LogP contribution in [0, 0.1) is 0 Å². The van der Waals surface area contributed by atoms with E-state index in [0.29, 0.717) is 5.56 Å². The van der Waals surface area contributed by atoms with Gasteiger partial charge >= 0.3 is 0 Å². The third-order valence-electron chi connectivity index (χ3n) is 5.99. The first kappa shape index (κ1) is 25.0. The fraction of sp³-hybridized carbons (Fsp3) is 0.435. The fourth-order valence-corrected chi connectivity index (χ4v) is 4.08. The molecule has 1 saturated heterocycles. The van der Waals surface area contributed by atoms with Crippen molar-refractivity contribution in [2.75, 3.05) is 20.8 Å². The number of phenols is 2. The number of hydrogen-bond donors (Lipinski definition) is 6. The maximum absolute atomic E-state index is 13.5. The predicted octanol–water partition coefficient (Wildman–Crippen LogP) is -0.384. The van der Waals surface area contributed by atoms with Crippen LogP contribution in [0.25, 0.3) is 0 Å². The number of phenolic OH excluding ortho intramolecular Hbond substituents is 2. The van der Waals surface area contributed by atoms with Crippen LogP contribution in [0.4, 0.5) is 0 Å². The zero-order chi connectivity index (χ0) is 25.4. The van der Waals surface area contributed by atoms with Crippen molar-refractivity contribution in [1.82, 2.24) is 0 Å². The van der Waals surface area contributed by atoms with Gasteiger partial charge in [0.2, 0.25) is 5.78 Å². The van der Waals surface area contributed by atoms with Gasteiger partial charge in [-0.3, -0.25) is 4.79 Å². The van der Waals surface area contributed by atoms with Crippen LogP contribution in [0.1, 0.15) is 22.0 Å². The summed E-state index contributed by atoms with van der Waals surface area (Å²) < 4.78 is 27.5. The van der Waals surface area contributed by atoms with Crippen molar-refractivity contribution in [3.8, 4) is 28.7 Å². The highest BCUT2D eigenvalue weighted by Gasteiger charge is 2.49. The third kappa shape index (κ3) is 4.47. The van der Waals surface area contributed by atoms with Crippen molar-refractivity contribution in [2.24, 2.45) is 0 Å². The van der Waals surface area contributed by atoms with E-state index in [0.717, 1.165) is 0 Å². The molecule has 2 aromatic carbocycles. The molecule has 0 unspecified atom stereocenters. The highest BCUT2D eigenvalue weighted by molar-refractivity contribution is 6.05. The van der Waals surface area contributed by atoms with Crippen molar-refractivity contribution in [1.29, 1.82) is 0 Å². The molecule has 0 aromatic heterocycles. The summed E-state index contributed by atoms with van der Waals surface area (Å²) in [4.78, 5) is 13.5. The SMILES string of the molecule is COc1cc(O)c2c(c1)O[C@@H](c1ccc(O)c(OC)c1)[C@@H](O[C@@H]1O[C@H](CO)[C@@H](O)[C@H](O)[C@H]1O)C2=O. The summed E-state index contributed by atoms with van der Waals surface area (Å²) in [6, 6.07) is 6.83. The van der Waals surface area contributed by atoms with Crippen LogP contribution in [0.5, 0.6) is 28.7 Å². The molecule has 190 valence electrons. The van der Waals surface area contributed by atoms with Crippen molar-refractivity contribution in [3.63, 3.8) is 0 Å². The number of Topliss-reactive ketones (excluding diaryl/α,β-unsaturated/α-hetero) is 1. The molecule has 2 aromatic rings. The highest BCUT2D eigenvalue weighted by atomic mass is 16.7. The van der Waals surface area contributed by atoms with Crippen LogP contribution in [-0.2, 0) is 9.47 Å². The topological polar surface area (TPSA) is 185 Å². The maximum atomic E-state index is 13.5. The van der Waals surface area contributed by atoms with Gasteiger partial charge in [-0.05, 0) is 17.7 Å². The standard InChI is InChI=1S/C23H26O12/c1-31-10-6-12(26)16-14(7-10)33-21(9-3-4-11(25)13(5-9)32-2)22(18(16)28)35-23-20(30)19(29)17(27)15(8-24)34-23/h3-7,15,17,19-27,29-30H,8H2,1-2H3/t15-,17-,19+,20-,21+,22+,23+/m1/s1. The maximum Gasteiger partial charge on any atom is 0.203 e. The molecule has 2 heterocycles. The highest BCUT2D eigenvalue weighted by Crippen LogP contribution is 2.44. The van der Waals surface area contributed by atoms with Crippen molar-refractivity contribution >= 4 is 5.78 Å². The molecule has 0 aliphatic carbocycles. The van der Waals surface area contributed by atoms with E-state index in [2.05, 4.69) is 0 Å². The van der Waals surface area contributed by atoms with Gasteiger partial charge < -0.3 is 54.3 Å². The molecule has 1 fully saturated rings. The summed E-state index contributed by atoms with van der Waals surface area (Å²) in [6.07, 6.45) is -10.8. The van der Waals surface area contributed by atoms with Crippen LogP contribution in [-0.4, -0.2) is 94.1 Å². The van der Waals surface area contributed by atoms with Crippen molar-refractivity contribution in [3.05, 3.63) is 41.5 Å². The molecule has 2 aliphatic rings. The summed E-state index contributed by atoms with van der Waals surface area (Å²) in [5, 5.41) is 60.5. The van der Waals surface area contributed by atoms with Crippen LogP contribution in [0.15, 0.2) is 30.3 Å². The second-order valence-corrected chi connectivity index (χ2v) is 8.11. The quantitative estimate of drug-likeness (QED) is 0.306. The van der Waals surface area contributed by atoms with Gasteiger partial charge in [0, 0.05) is 12.1 Å². The van der Waals surface area contributed by atoms with E-state index in [-0.39, 0.29) is 28.6 Å². The normalized spacial score (nSPS) is 30.3. The molecule has 4 rings (SSSR count). The van der Waals surface area contributed by atoms with Crippen molar-refractivity contribution < 1.29 is 59.1 Å². The van der Waals surface area contributed by atoms with Crippen LogP contribution >= 0.6 is 0 Å². The zero-order valence-electron chi connectivity index (χ0n) is 18.8. The lowest BCUT2D eigenvalue weighted by Gasteiger charge is -2.42. The minimum Gasteiger partial charge on any atom is -0.507 e. The van der Waals surface area contributed by atoms with Gasteiger partial charge in [-0.15, -0.1) is 0 Å². The first-order valence-corrected chi connectivity index (χ1v) is 10.6. The van der Waals surface area contributed by atoms with Crippen molar-refractivity contribution in [2.45, 2.75) is 42.9 Å². The number of carbonyl (C=O) groups excluding carboxylic acids is 1. The lowest BCUT2D eigenvalue weighted by atomic mass is 9.92. The van der Waals surface area contributed by atoms with Crippen LogP contribution in [0.3, 0.4) is 0 Å². The van der Waals surface area contributed by atoms with Gasteiger partial charge in [-0.25, -0.2) is 0 Å². The minimum absolute atomic E-state index is 0.00227. The molecule has 7 atom stereocenters. The number of benzene rings is 2. The first-order valence-electron chi connectivity index (χ1n) is 10.6. The number of hydrogen-bond acceptors (Lipinski definition) is 12. The number of aliphatic hydroxyl groups is 4. The summed E-state index contributed by atoms with van der Waals surface area (Å²) in [5.41, 5.74) is 0.123. The summed E-state index contributed by atoms with van der Waals surface area (Å²) in [5.74, 6) is -1.02. The summed E-state index contributed by atoms with van der Waals surface area (Å²) in [7, 11) is 2.71. The molecule has 0 spiro atoms. The molecule has 0 saturated carbocycles. The Hall–Kier alpha value is -3.13. The van der Waals surface area contributed by atoms with Crippen LogP contribution in [0.2, 0.25) is 0 Å². The zero-order valence-corrected chi connectivity index (χ0v) is 18.8. The van der Waals surface area contributed by atoms with E-state index in [1.165, 1.54) is 44.6 Å². The first-order chi connectivity index (χ1) is 16.7. The largest absolute Gasteiger partial charge is 0.507 e. The number of aliphatic hydroxyl groups excluding tert-OH is 4. The number of methoxy groups -OCH3 is 2. The molecular formula is C23H26O12. The third-order valence-corrected chi connectivity index (χ3v) is 5.99. The molecule has 2 aliphatic heterocycles. The number of fused-ring (bicyclic) bond motifs is 1. The second-order valence-electron chi connectivity index (χ2n) is 8.11. The number of ketones is 1. The van der Waals surface area contributed by atoms with E-state index < -0.39 is 61.1 Å². The number of aromatic hydroxyl groups is 2. The minimum atomic E-state index is -1.78. The second kappa shape index (κ2) is 9.85. The Bertz CT molecular complexity index is 1090. The Balaban J connectivity index is 1.77. The van der Waals surface area contributed by atoms with E-state index in [1.54, 1.807) is 0 Å². The molecule has 0 amide bonds. The molecule has 35 heavy (non-hydrogen) atoms. The number of rotatable bonds is 6. The number of ether oxygens (including phenoxy) is 5. The van der Waals surface area contributed by atoms with Gasteiger partial charge in [0.05, 0.1) is 20.8 Å². The molecular weight excluding hydrogens is 468 g/mol. The Kier molecular flexibility index (Phi) is 7.03. The van der Waals surface area contributed by atoms with E-state index >= 15 is 0 Å². The Morgan fingerprint density at radius 3 is 2.34 bits per heavy atom. The number of carbonyl (C=O) groups is 1. The van der Waals surface area contributed by atoms with Crippen LogP contribution < -0.4 is 14.2 Å². The lowest BCUT2D eigenvalue weighted by molar-refractivity contribution is -0.311. The molecule has 0 radical (unpaired) electrons. The molecule has 12 nitrogen and oxygen atoms in total. The van der Waals surface area contributed by atoms with E-state index in [9.17, 15) is 35.4 Å².